The fourth-order valence-corrected chi connectivity index (χ4v) is 4.89. The molecule has 5 nitrogen and oxygen atoms in total. The number of benzene rings is 1. The molecule has 0 N–H and O–H groups in total. The van der Waals surface area contributed by atoms with Gasteiger partial charge in [-0.15, -0.1) is 0 Å². The average Bonchev–Trinajstić information content (AvgIpc) is 3.37. The Kier molecular flexibility index (Phi) is 5.66. The van der Waals surface area contributed by atoms with E-state index in [4.69, 9.17) is 4.42 Å². The van der Waals surface area contributed by atoms with Crippen molar-refractivity contribution in [3.05, 3.63) is 35.1 Å². The highest BCUT2D eigenvalue weighted by molar-refractivity contribution is 5.89. The van der Waals surface area contributed by atoms with Gasteiger partial charge in [0.05, 0.1) is 12.7 Å². The van der Waals surface area contributed by atoms with E-state index in [1.54, 1.807) is 6.26 Å². The number of carbonyl (C=O) groups is 2. The first kappa shape index (κ1) is 20.0. The van der Waals surface area contributed by atoms with E-state index in [0.29, 0.717) is 44.4 Å². The van der Waals surface area contributed by atoms with Crippen molar-refractivity contribution in [2.75, 3.05) is 26.2 Å². The molecule has 1 saturated heterocycles. The summed E-state index contributed by atoms with van der Waals surface area (Å²) in [5.74, 6) is 1.07. The summed E-state index contributed by atoms with van der Waals surface area (Å²) < 4.78 is 5.73. The molecular weight excluding hydrogens is 364 g/mol. The Hall–Kier alpha value is -2.30. The number of furan rings is 1. The molecule has 1 aromatic carbocycles. The normalized spacial score (nSPS) is 18.2. The van der Waals surface area contributed by atoms with E-state index in [2.05, 4.69) is 32.9 Å². The Balaban J connectivity index is 1.40. The van der Waals surface area contributed by atoms with Gasteiger partial charge in [0.25, 0.3) is 0 Å². The fourth-order valence-electron chi connectivity index (χ4n) is 4.89. The Morgan fingerprint density at radius 3 is 2.38 bits per heavy atom. The van der Waals surface area contributed by atoms with Crippen molar-refractivity contribution in [1.29, 1.82) is 0 Å². The lowest BCUT2D eigenvalue weighted by atomic mass is 9.95. The molecule has 2 fully saturated rings. The van der Waals surface area contributed by atoms with Crippen LogP contribution in [0.15, 0.2) is 22.8 Å². The quantitative estimate of drug-likeness (QED) is 0.776. The minimum absolute atomic E-state index is 0.118. The van der Waals surface area contributed by atoms with Crippen LogP contribution >= 0.6 is 0 Å². The molecule has 0 radical (unpaired) electrons. The maximum Gasteiger partial charge on any atom is 0.227 e. The van der Waals surface area contributed by atoms with Crippen LogP contribution in [-0.4, -0.2) is 47.8 Å². The number of amides is 2. The summed E-state index contributed by atoms with van der Waals surface area (Å²) in [6.07, 6.45) is 6.49. The van der Waals surface area contributed by atoms with E-state index < -0.39 is 0 Å². The molecule has 29 heavy (non-hydrogen) atoms. The number of nitrogens with zero attached hydrogens (tertiary/aromatic N) is 2. The summed E-state index contributed by atoms with van der Waals surface area (Å²) in [4.78, 5) is 29.4. The van der Waals surface area contributed by atoms with E-state index in [9.17, 15) is 9.59 Å². The van der Waals surface area contributed by atoms with Crippen LogP contribution in [-0.2, 0) is 16.0 Å². The van der Waals surface area contributed by atoms with Crippen molar-refractivity contribution in [3.63, 3.8) is 0 Å². The first-order chi connectivity index (χ1) is 13.9. The summed E-state index contributed by atoms with van der Waals surface area (Å²) in [7, 11) is 0. The zero-order valence-corrected chi connectivity index (χ0v) is 17.9. The number of rotatable bonds is 4. The molecular formula is C24H32N2O3. The summed E-state index contributed by atoms with van der Waals surface area (Å²) in [5, 5.41) is 1.04. The third kappa shape index (κ3) is 4.05. The molecule has 0 atom stereocenters. The van der Waals surface area contributed by atoms with E-state index in [1.807, 2.05) is 9.80 Å². The highest BCUT2D eigenvalue weighted by Crippen LogP contribution is 2.30. The van der Waals surface area contributed by atoms with Crippen LogP contribution in [0.25, 0.3) is 11.0 Å². The molecule has 2 heterocycles. The fraction of sp³-hybridized carbons (Fsp3) is 0.583. The topological polar surface area (TPSA) is 53.8 Å². The van der Waals surface area contributed by atoms with Gasteiger partial charge in [-0.05, 0) is 48.9 Å². The molecule has 1 aromatic heterocycles. The largest absolute Gasteiger partial charge is 0.464 e. The Morgan fingerprint density at radius 2 is 1.72 bits per heavy atom. The van der Waals surface area contributed by atoms with Gasteiger partial charge in [0.2, 0.25) is 11.8 Å². The highest BCUT2D eigenvalue weighted by atomic mass is 16.3. The lowest BCUT2D eigenvalue weighted by Gasteiger charge is -2.36. The van der Waals surface area contributed by atoms with Crippen molar-refractivity contribution in [3.8, 4) is 0 Å². The van der Waals surface area contributed by atoms with Gasteiger partial charge in [-0.25, -0.2) is 0 Å². The van der Waals surface area contributed by atoms with Crippen LogP contribution in [0.2, 0.25) is 0 Å². The van der Waals surface area contributed by atoms with Crippen molar-refractivity contribution in [2.24, 2.45) is 5.92 Å². The molecule has 2 aromatic rings. The van der Waals surface area contributed by atoms with Gasteiger partial charge in [-0.1, -0.05) is 26.7 Å². The summed E-state index contributed by atoms with van der Waals surface area (Å²) in [6.45, 7) is 9.05. The lowest BCUT2D eigenvalue weighted by molar-refractivity contribution is -0.141. The van der Waals surface area contributed by atoms with Crippen molar-refractivity contribution >= 4 is 22.8 Å². The van der Waals surface area contributed by atoms with Crippen molar-refractivity contribution in [2.45, 2.75) is 58.8 Å². The zero-order chi connectivity index (χ0) is 20.5. The Morgan fingerprint density at radius 1 is 1.07 bits per heavy atom. The highest BCUT2D eigenvalue weighted by Gasteiger charge is 2.30. The molecule has 2 amide bonds. The smallest absolute Gasteiger partial charge is 0.227 e. The van der Waals surface area contributed by atoms with Gasteiger partial charge in [-0.2, -0.15) is 0 Å². The van der Waals surface area contributed by atoms with Crippen LogP contribution in [0, 0.1) is 12.8 Å². The summed E-state index contributed by atoms with van der Waals surface area (Å²) in [5.41, 5.74) is 4.33. The van der Waals surface area contributed by atoms with Crippen LogP contribution < -0.4 is 0 Å². The monoisotopic (exact) mass is 396 g/mol. The van der Waals surface area contributed by atoms with Crippen LogP contribution in [0.3, 0.4) is 0 Å². The van der Waals surface area contributed by atoms with Gasteiger partial charge >= 0.3 is 0 Å². The van der Waals surface area contributed by atoms with E-state index in [-0.39, 0.29) is 11.8 Å². The molecule has 1 saturated carbocycles. The molecule has 1 aliphatic carbocycles. The van der Waals surface area contributed by atoms with E-state index in [1.165, 1.54) is 24.0 Å². The molecule has 2 aliphatic rings. The van der Waals surface area contributed by atoms with E-state index in [0.717, 1.165) is 29.4 Å². The van der Waals surface area contributed by atoms with E-state index >= 15 is 0 Å². The maximum atomic E-state index is 12.9. The summed E-state index contributed by atoms with van der Waals surface area (Å²) in [6, 6.07) is 4.26. The predicted octanol–water partition coefficient (Wildman–Crippen LogP) is 4.27. The third-order valence-corrected chi connectivity index (χ3v) is 6.65. The maximum absolute atomic E-state index is 12.9. The molecule has 4 rings (SSSR count). The standard InChI is InChI=1S/C24H32N2O3/c1-16(2)20-14-21-19(15-29-22(21)12-17(20)3)13-23(27)25-8-10-26(11-9-25)24(28)18-6-4-5-7-18/h12,14-16,18H,4-11,13H2,1-3H3. The second-order valence-corrected chi connectivity index (χ2v) is 8.98. The molecule has 156 valence electrons. The van der Waals surface area contributed by atoms with Gasteiger partial charge in [0.15, 0.2) is 0 Å². The Bertz CT molecular complexity index is 900. The second kappa shape index (κ2) is 8.21. The number of carbonyl (C=O) groups excluding carboxylic acids is 2. The number of hydrogen-bond acceptors (Lipinski definition) is 3. The molecule has 0 bridgehead atoms. The van der Waals surface area contributed by atoms with Crippen LogP contribution in [0.4, 0.5) is 0 Å². The molecule has 0 unspecified atom stereocenters. The number of aryl methyl sites for hydroxylation is 1. The van der Waals surface area contributed by atoms with Crippen LogP contribution in [0.5, 0.6) is 0 Å². The minimum atomic E-state index is 0.118. The van der Waals surface area contributed by atoms with Crippen LogP contribution in [0.1, 0.15) is 62.1 Å². The molecule has 5 heteroatoms. The van der Waals surface area contributed by atoms with Gasteiger partial charge in [0.1, 0.15) is 5.58 Å². The molecule has 1 aliphatic heterocycles. The zero-order valence-electron chi connectivity index (χ0n) is 17.9. The van der Waals surface area contributed by atoms with Gasteiger partial charge in [-0.3, -0.25) is 9.59 Å². The van der Waals surface area contributed by atoms with Crippen molar-refractivity contribution < 1.29 is 14.0 Å². The Labute approximate surface area is 173 Å². The SMILES string of the molecule is Cc1cc2occ(CC(=O)N3CCN(C(=O)C4CCCC4)CC3)c2cc1C(C)C. The number of hydrogen-bond donors (Lipinski definition) is 0. The minimum Gasteiger partial charge on any atom is -0.464 e. The predicted molar refractivity (Wildman–Crippen MR) is 114 cm³/mol. The summed E-state index contributed by atoms with van der Waals surface area (Å²) >= 11 is 0. The molecule has 0 spiro atoms. The lowest BCUT2D eigenvalue weighted by Crippen LogP contribution is -2.52. The number of piperazine rings is 1. The van der Waals surface area contributed by atoms with Gasteiger partial charge in [0, 0.05) is 43.0 Å². The number of fused-ring (bicyclic) bond motifs is 1. The first-order valence-corrected chi connectivity index (χ1v) is 11.0. The van der Waals surface area contributed by atoms with Crippen molar-refractivity contribution in [1.82, 2.24) is 9.80 Å². The first-order valence-electron chi connectivity index (χ1n) is 11.0. The second-order valence-electron chi connectivity index (χ2n) is 8.98. The third-order valence-electron chi connectivity index (χ3n) is 6.65. The van der Waals surface area contributed by atoms with Gasteiger partial charge < -0.3 is 14.2 Å². The average molecular weight is 397 g/mol.